The molecule has 1 aromatic rings. The molecule has 1 rings (SSSR count). The molecule has 0 atom stereocenters. The van der Waals surface area contributed by atoms with Gasteiger partial charge in [-0.1, -0.05) is 23.2 Å². The minimum absolute atomic E-state index is 0.188. The molecule has 1 aromatic heterocycles. The van der Waals surface area contributed by atoms with Crippen LogP contribution in [0, 0.1) is 13.8 Å². The lowest BCUT2D eigenvalue weighted by Gasteiger charge is -2.15. The zero-order valence-electron chi connectivity index (χ0n) is 9.06. The van der Waals surface area contributed by atoms with E-state index in [1.54, 1.807) is 27.9 Å². The van der Waals surface area contributed by atoms with Crippen LogP contribution < -0.4 is 0 Å². The third-order valence-electron chi connectivity index (χ3n) is 2.11. The molecule has 15 heavy (non-hydrogen) atoms. The first-order valence-corrected chi connectivity index (χ1v) is 5.15. The largest absolute Gasteiger partial charge is 0.345 e. The zero-order valence-corrected chi connectivity index (χ0v) is 10.6. The van der Waals surface area contributed by atoms with Gasteiger partial charge in [0, 0.05) is 14.1 Å². The number of hydrogen-bond acceptors (Lipinski definition) is 2. The van der Waals surface area contributed by atoms with Crippen LogP contribution in [0.4, 0.5) is 0 Å². The maximum Gasteiger partial charge on any atom is 0.256 e. The summed E-state index contributed by atoms with van der Waals surface area (Å²) in [4.78, 5) is 17.3. The van der Waals surface area contributed by atoms with E-state index in [0.29, 0.717) is 21.8 Å². The van der Waals surface area contributed by atoms with Gasteiger partial charge >= 0.3 is 0 Å². The standard InChI is InChI=1S/C10H12Cl2N2O/c1-5-7(10(15)14(3)4)9(12)13-6(2)8(5)11/h1-4H3. The lowest BCUT2D eigenvalue weighted by atomic mass is 10.1. The molecule has 82 valence electrons. The van der Waals surface area contributed by atoms with E-state index in [-0.39, 0.29) is 11.1 Å². The van der Waals surface area contributed by atoms with E-state index in [1.165, 1.54) is 4.90 Å². The second-order valence-electron chi connectivity index (χ2n) is 3.50. The Balaban J connectivity index is 3.43. The van der Waals surface area contributed by atoms with Crippen molar-refractivity contribution in [3.8, 4) is 0 Å². The lowest BCUT2D eigenvalue weighted by Crippen LogP contribution is -2.23. The fourth-order valence-corrected chi connectivity index (χ4v) is 1.75. The fourth-order valence-electron chi connectivity index (χ4n) is 1.26. The van der Waals surface area contributed by atoms with Gasteiger partial charge < -0.3 is 4.90 Å². The van der Waals surface area contributed by atoms with Gasteiger partial charge in [0.25, 0.3) is 5.91 Å². The van der Waals surface area contributed by atoms with Crippen LogP contribution in [0.25, 0.3) is 0 Å². The van der Waals surface area contributed by atoms with Gasteiger partial charge in [-0.25, -0.2) is 4.98 Å². The van der Waals surface area contributed by atoms with Crippen LogP contribution >= 0.6 is 23.2 Å². The molecule has 0 spiro atoms. The Morgan fingerprint density at radius 1 is 1.27 bits per heavy atom. The van der Waals surface area contributed by atoms with Crippen molar-refractivity contribution in [2.75, 3.05) is 14.1 Å². The summed E-state index contributed by atoms with van der Waals surface area (Å²) in [7, 11) is 3.32. The summed E-state index contributed by atoms with van der Waals surface area (Å²) in [5.74, 6) is -0.188. The number of aryl methyl sites for hydroxylation is 1. The van der Waals surface area contributed by atoms with Crippen molar-refractivity contribution in [1.82, 2.24) is 9.88 Å². The quantitative estimate of drug-likeness (QED) is 0.715. The molecule has 0 aliphatic heterocycles. The number of nitrogens with zero attached hydrogens (tertiary/aromatic N) is 2. The van der Waals surface area contributed by atoms with E-state index >= 15 is 0 Å². The highest BCUT2D eigenvalue weighted by Crippen LogP contribution is 2.27. The lowest BCUT2D eigenvalue weighted by molar-refractivity contribution is 0.0826. The summed E-state index contributed by atoms with van der Waals surface area (Å²) in [5, 5.41) is 0.692. The Kier molecular flexibility index (Phi) is 3.58. The van der Waals surface area contributed by atoms with Crippen LogP contribution in [0.3, 0.4) is 0 Å². The van der Waals surface area contributed by atoms with Crippen LogP contribution in [-0.4, -0.2) is 29.9 Å². The van der Waals surface area contributed by atoms with Gasteiger partial charge in [-0.15, -0.1) is 0 Å². The van der Waals surface area contributed by atoms with Gasteiger partial charge in [-0.3, -0.25) is 4.79 Å². The molecule has 3 nitrogen and oxygen atoms in total. The Morgan fingerprint density at radius 3 is 2.27 bits per heavy atom. The third kappa shape index (κ3) is 2.24. The van der Waals surface area contributed by atoms with Crippen molar-refractivity contribution in [3.63, 3.8) is 0 Å². The topological polar surface area (TPSA) is 33.2 Å². The van der Waals surface area contributed by atoms with E-state index in [2.05, 4.69) is 4.98 Å². The molecule has 0 saturated carbocycles. The maximum absolute atomic E-state index is 11.8. The normalized spacial score (nSPS) is 10.3. The van der Waals surface area contributed by atoms with E-state index in [1.807, 2.05) is 0 Å². The van der Waals surface area contributed by atoms with Crippen LogP contribution in [0.5, 0.6) is 0 Å². The van der Waals surface area contributed by atoms with E-state index in [9.17, 15) is 4.79 Å². The molecule has 0 aliphatic rings. The van der Waals surface area contributed by atoms with Crippen LogP contribution in [-0.2, 0) is 0 Å². The van der Waals surface area contributed by atoms with Gasteiger partial charge in [0.15, 0.2) is 0 Å². The van der Waals surface area contributed by atoms with Crippen molar-refractivity contribution < 1.29 is 4.79 Å². The minimum atomic E-state index is -0.188. The van der Waals surface area contributed by atoms with Gasteiger partial charge in [0.05, 0.1) is 16.3 Å². The van der Waals surface area contributed by atoms with Crippen molar-refractivity contribution in [1.29, 1.82) is 0 Å². The first-order chi connectivity index (χ1) is 6.86. The summed E-state index contributed by atoms with van der Waals surface area (Å²) in [6.07, 6.45) is 0. The first-order valence-electron chi connectivity index (χ1n) is 4.40. The summed E-state index contributed by atoms with van der Waals surface area (Å²) in [6, 6.07) is 0. The second kappa shape index (κ2) is 4.37. The average Bonchev–Trinajstić information content (AvgIpc) is 2.14. The van der Waals surface area contributed by atoms with Crippen LogP contribution in [0.15, 0.2) is 0 Å². The Bertz CT molecular complexity index is 416. The Hall–Kier alpha value is -0.800. The Labute approximate surface area is 99.0 Å². The molecule has 0 radical (unpaired) electrons. The predicted molar refractivity (Wildman–Crippen MR) is 61.7 cm³/mol. The number of carbonyl (C=O) groups excluding carboxylic acids is 1. The van der Waals surface area contributed by atoms with E-state index < -0.39 is 0 Å². The van der Waals surface area contributed by atoms with Crippen molar-refractivity contribution >= 4 is 29.1 Å². The van der Waals surface area contributed by atoms with Crippen molar-refractivity contribution in [2.24, 2.45) is 0 Å². The molecule has 0 aromatic carbocycles. The van der Waals surface area contributed by atoms with Crippen LogP contribution in [0.1, 0.15) is 21.6 Å². The summed E-state index contributed by atoms with van der Waals surface area (Å²) in [6.45, 7) is 3.52. The van der Waals surface area contributed by atoms with Gasteiger partial charge in [-0.2, -0.15) is 0 Å². The van der Waals surface area contributed by atoms with E-state index in [4.69, 9.17) is 23.2 Å². The molecular formula is C10H12Cl2N2O. The smallest absolute Gasteiger partial charge is 0.256 e. The summed E-state index contributed by atoms with van der Waals surface area (Å²) in [5.41, 5.74) is 1.68. The fraction of sp³-hybridized carbons (Fsp3) is 0.400. The minimum Gasteiger partial charge on any atom is -0.345 e. The molecule has 0 saturated heterocycles. The second-order valence-corrected chi connectivity index (χ2v) is 4.24. The molecule has 1 heterocycles. The highest BCUT2D eigenvalue weighted by molar-refractivity contribution is 6.35. The monoisotopic (exact) mass is 246 g/mol. The number of amides is 1. The highest BCUT2D eigenvalue weighted by Gasteiger charge is 2.19. The van der Waals surface area contributed by atoms with Crippen LogP contribution in [0.2, 0.25) is 10.2 Å². The molecule has 5 heteroatoms. The average molecular weight is 247 g/mol. The number of aromatic nitrogens is 1. The molecule has 0 aliphatic carbocycles. The number of halogens is 2. The zero-order chi connectivity index (χ0) is 11.7. The predicted octanol–water partition coefficient (Wildman–Crippen LogP) is 2.71. The molecule has 1 amide bonds. The highest BCUT2D eigenvalue weighted by atomic mass is 35.5. The number of pyridine rings is 1. The molecule has 0 unspecified atom stereocenters. The summed E-state index contributed by atoms with van der Waals surface area (Å²) < 4.78 is 0. The van der Waals surface area contributed by atoms with Gasteiger partial charge in [0.2, 0.25) is 0 Å². The van der Waals surface area contributed by atoms with E-state index in [0.717, 1.165) is 0 Å². The first kappa shape index (κ1) is 12.3. The number of rotatable bonds is 1. The van der Waals surface area contributed by atoms with Gasteiger partial charge in [-0.05, 0) is 19.4 Å². The molecule has 0 bridgehead atoms. The summed E-state index contributed by atoms with van der Waals surface area (Å²) >= 11 is 11.9. The number of carbonyl (C=O) groups is 1. The molecule has 0 fully saturated rings. The number of hydrogen-bond donors (Lipinski definition) is 0. The third-order valence-corrected chi connectivity index (χ3v) is 2.94. The molecule has 0 N–H and O–H groups in total. The SMILES string of the molecule is Cc1nc(Cl)c(C(=O)N(C)C)c(C)c1Cl. The van der Waals surface area contributed by atoms with Crippen molar-refractivity contribution in [3.05, 3.63) is 27.0 Å². The maximum atomic E-state index is 11.8. The van der Waals surface area contributed by atoms with Gasteiger partial charge in [0.1, 0.15) is 5.15 Å². The molecular weight excluding hydrogens is 235 g/mol. The Morgan fingerprint density at radius 2 is 1.80 bits per heavy atom. The van der Waals surface area contributed by atoms with Crippen molar-refractivity contribution in [2.45, 2.75) is 13.8 Å².